The van der Waals surface area contributed by atoms with E-state index in [2.05, 4.69) is 4.90 Å². The number of halogens is 2. The van der Waals surface area contributed by atoms with Crippen LogP contribution in [-0.4, -0.2) is 68.5 Å². The molecule has 2 aliphatic rings. The highest BCUT2D eigenvalue weighted by Gasteiger charge is 2.36. The first kappa shape index (κ1) is 26.0. The first-order chi connectivity index (χ1) is 18.5. The second kappa shape index (κ2) is 11.4. The molecule has 9 heteroatoms. The van der Waals surface area contributed by atoms with E-state index in [9.17, 15) is 9.18 Å². The van der Waals surface area contributed by atoms with E-state index in [1.54, 1.807) is 31.4 Å². The molecule has 2 aliphatic heterocycles. The third-order valence-electron chi connectivity index (χ3n) is 7.07. The minimum Gasteiger partial charge on any atom is -0.497 e. The Morgan fingerprint density at radius 3 is 2.45 bits per heavy atom. The van der Waals surface area contributed by atoms with Crippen LogP contribution in [0.15, 0.2) is 71.8 Å². The summed E-state index contributed by atoms with van der Waals surface area (Å²) in [7, 11) is 3.22. The van der Waals surface area contributed by atoms with Crippen LogP contribution in [-0.2, 0) is 4.79 Å². The van der Waals surface area contributed by atoms with Gasteiger partial charge in [-0.3, -0.25) is 9.69 Å². The summed E-state index contributed by atoms with van der Waals surface area (Å²) in [5, 5.41) is 6.92. The number of amides is 1. The number of benzene rings is 3. The molecule has 2 heterocycles. The molecule has 7 nitrogen and oxygen atoms in total. The summed E-state index contributed by atoms with van der Waals surface area (Å²) < 4.78 is 25.4. The molecule has 1 atom stereocenters. The molecule has 0 saturated carbocycles. The van der Waals surface area contributed by atoms with Crippen molar-refractivity contribution in [2.24, 2.45) is 5.10 Å². The van der Waals surface area contributed by atoms with E-state index < -0.39 is 0 Å². The van der Waals surface area contributed by atoms with Crippen LogP contribution in [0.3, 0.4) is 0 Å². The molecule has 0 bridgehead atoms. The Bertz CT molecular complexity index is 1340. The number of ether oxygens (including phenoxy) is 2. The minimum absolute atomic E-state index is 0.124. The lowest BCUT2D eigenvalue weighted by atomic mass is 9.97. The number of hydrogen-bond donors (Lipinski definition) is 0. The number of para-hydroxylation sites is 1. The van der Waals surface area contributed by atoms with E-state index in [0.29, 0.717) is 54.8 Å². The number of methoxy groups -OCH3 is 2. The van der Waals surface area contributed by atoms with Crippen molar-refractivity contribution in [1.29, 1.82) is 0 Å². The molecular weight excluding hydrogens is 507 g/mol. The molecule has 3 aromatic carbocycles. The van der Waals surface area contributed by atoms with Crippen LogP contribution in [0.25, 0.3) is 0 Å². The Labute approximate surface area is 227 Å². The van der Waals surface area contributed by atoms with Crippen LogP contribution in [0.2, 0.25) is 5.02 Å². The zero-order valence-corrected chi connectivity index (χ0v) is 22.2. The maximum absolute atomic E-state index is 14.3. The standard InChI is InChI=1S/C29H30ClFN4O3/c1-37-20-11-12-28(38-2)22(17-20)27-18-25(21-7-3-4-8-23(21)30)32-35(27)29(36)19-33-13-15-34(16-14-33)26-10-6-5-9-24(26)31/h3-12,17,27H,13-16,18-19H2,1-2H3. The fraction of sp³-hybridized carbons (Fsp3) is 0.310. The largest absolute Gasteiger partial charge is 0.497 e. The van der Waals surface area contributed by atoms with Gasteiger partial charge in [-0.15, -0.1) is 0 Å². The molecule has 1 fully saturated rings. The van der Waals surface area contributed by atoms with E-state index in [4.69, 9.17) is 26.2 Å². The topological polar surface area (TPSA) is 57.6 Å². The monoisotopic (exact) mass is 536 g/mol. The van der Waals surface area contributed by atoms with Gasteiger partial charge in [0.2, 0.25) is 0 Å². The van der Waals surface area contributed by atoms with Crippen LogP contribution in [0.5, 0.6) is 11.5 Å². The Balaban J connectivity index is 1.37. The van der Waals surface area contributed by atoms with Crippen molar-refractivity contribution in [3.63, 3.8) is 0 Å². The van der Waals surface area contributed by atoms with E-state index in [1.165, 1.54) is 6.07 Å². The zero-order valence-electron chi connectivity index (χ0n) is 21.4. The van der Waals surface area contributed by atoms with Gasteiger partial charge in [-0.25, -0.2) is 9.40 Å². The predicted molar refractivity (Wildman–Crippen MR) is 147 cm³/mol. The minimum atomic E-state index is -0.376. The highest BCUT2D eigenvalue weighted by Crippen LogP contribution is 2.40. The summed E-state index contributed by atoms with van der Waals surface area (Å²) in [6, 6.07) is 19.5. The van der Waals surface area contributed by atoms with E-state index in [0.717, 1.165) is 16.8 Å². The van der Waals surface area contributed by atoms with Gasteiger partial charge in [-0.2, -0.15) is 5.10 Å². The lowest BCUT2D eigenvalue weighted by Gasteiger charge is -2.36. The molecule has 1 saturated heterocycles. The SMILES string of the molecule is COc1ccc(OC)c(C2CC(c3ccccc3Cl)=NN2C(=O)CN2CCN(c3ccccc3F)CC2)c1. The van der Waals surface area contributed by atoms with Crippen LogP contribution in [0.4, 0.5) is 10.1 Å². The number of nitrogens with zero attached hydrogens (tertiary/aromatic N) is 4. The molecule has 0 aliphatic carbocycles. The van der Waals surface area contributed by atoms with Crippen LogP contribution < -0.4 is 14.4 Å². The fourth-order valence-electron chi connectivity index (χ4n) is 5.06. The number of hydrogen-bond acceptors (Lipinski definition) is 6. The zero-order chi connectivity index (χ0) is 26.6. The number of carbonyl (C=O) groups excluding carboxylic acids is 1. The van der Waals surface area contributed by atoms with Crippen molar-refractivity contribution >= 4 is 28.9 Å². The highest BCUT2D eigenvalue weighted by molar-refractivity contribution is 6.34. The van der Waals surface area contributed by atoms with Crippen LogP contribution >= 0.6 is 11.6 Å². The molecular formula is C29H30ClFN4O3. The third-order valence-corrected chi connectivity index (χ3v) is 7.40. The molecule has 5 rings (SSSR count). The van der Waals surface area contributed by atoms with Crippen LogP contribution in [0, 0.1) is 5.82 Å². The first-order valence-electron chi connectivity index (χ1n) is 12.6. The van der Waals surface area contributed by atoms with Gasteiger partial charge in [0.15, 0.2) is 0 Å². The molecule has 38 heavy (non-hydrogen) atoms. The normalized spacial score (nSPS) is 17.9. The summed E-state index contributed by atoms with van der Waals surface area (Å²) in [6.45, 7) is 2.75. The summed E-state index contributed by atoms with van der Waals surface area (Å²) in [5.41, 5.74) is 2.95. The summed E-state index contributed by atoms with van der Waals surface area (Å²) >= 11 is 6.49. The third kappa shape index (κ3) is 5.33. The molecule has 0 spiro atoms. The van der Waals surface area contributed by atoms with E-state index in [1.807, 2.05) is 53.4 Å². The quantitative estimate of drug-likeness (QED) is 0.425. The fourth-order valence-corrected chi connectivity index (χ4v) is 5.30. The first-order valence-corrected chi connectivity index (χ1v) is 12.9. The van der Waals surface area contributed by atoms with Gasteiger partial charge in [0.25, 0.3) is 5.91 Å². The van der Waals surface area contributed by atoms with Gasteiger partial charge < -0.3 is 14.4 Å². The molecule has 0 aromatic heterocycles. The van der Waals surface area contributed by atoms with Crippen molar-refractivity contribution < 1.29 is 18.7 Å². The van der Waals surface area contributed by atoms with Crippen molar-refractivity contribution in [2.45, 2.75) is 12.5 Å². The number of anilines is 1. The molecule has 198 valence electrons. The maximum Gasteiger partial charge on any atom is 0.257 e. The second-order valence-electron chi connectivity index (χ2n) is 9.31. The van der Waals surface area contributed by atoms with E-state index in [-0.39, 0.29) is 24.3 Å². The second-order valence-corrected chi connectivity index (χ2v) is 9.71. The summed E-state index contributed by atoms with van der Waals surface area (Å²) in [5.74, 6) is 0.971. The van der Waals surface area contributed by atoms with Crippen LogP contribution in [0.1, 0.15) is 23.6 Å². The van der Waals surface area contributed by atoms with E-state index >= 15 is 0 Å². The Morgan fingerprint density at radius 2 is 1.74 bits per heavy atom. The van der Waals surface area contributed by atoms with Gasteiger partial charge in [0.1, 0.15) is 17.3 Å². The molecule has 1 unspecified atom stereocenters. The average Bonchev–Trinajstić information content (AvgIpc) is 3.39. The Hall–Kier alpha value is -3.62. The van der Waals surface area contributed by atoms with Crippen molar-refractivity contribution in [3.05, 3.63) is 88.7 Å². The van der Waals surface area contributed by atoms with Gasteiger partial charge in [-0.05, 0) is 36.4 Å². The average molecular weight is 537 g/mol. The smallest absolute Gasteiger partial charge is 0.257 e. The summed E-state index contributed by atoms with van der Waals surface area (Å²) in [4.78, 5) is 17.8. The lowest BCUT2D eigenvalue weighted by Crippen LogP contribution is -2.49. The number of hydrazone groups is 1. The molecule has 3 aromatic rings. The van der Waals surface area contributed by atoms with Gasteiger partial charge in [-0.1, -0.05) is 41.9 Å². The molecule has 0 N–H and O–H groups in total. The number of carbonyl (C=O) groups is 1. The predicted octanol–water partition coefficient (Wildman–Crippen LogP) is 5.00. The molecule has 1 amide bonds. The van der Waals surface area contributed by atoms with Gasteiger partial charge >= 0.3 is 0 Å². The Morgan fingerprint density at radius 1 is 1.00 bits per heavy atom. The van der Waals surface area contributed by atoms with Crippen molar-refractivity contribution in [2.75, 3.05) is 51.8 Å². The number of piperazine rings is 1. The van der Waals surface area contributed by atoms with Gasteiger partial charge in [0, 0.05) is 48.7 Å². The van der Waals surface area contributed by atoms with Gasteiger partial charge in [0.05, 0.1) is 38.2 Å². The Kier molecular flexibility index (Phi) is 7.81. The lowest BCUT2D eigenvalue weighted by molar-refractivity contribution is -0.134. The molecule has 0 radical (unpaired) electrons. The van der Waals surface area contributed by atoms with Crippen molar-refractivity contribution in [3.8, 4) is 11.5 Å². The maximum atomic E-state index is 14.3. The number of rotatable bonds is 7. The highest BCUT2D eigenvalue weighted by atomic mass is 35.5. The van der Waals surface area contributed by atoms with Crippen molar-refractivity contribution in [1.82, 2.24) is 9.91 Å². The summed E-state index contributed by atoms with van der Waals surface area (Å²) in [6.07, 6.45) is 0.486.